The zero-order valence-corrected chi connectivity index (χ0v) is 45.7. The van der Waals surface area contributed by atoms with E-state index in [4.69, 9.17) is 18.9 Å². The number of unbranched alkanes of at least 4 members (excludes halogenated alkanes) is 14. The van der Waals surface area contributed by atoms with Gasteiger partial charge in [0.15, 0.2) is 12.6 Å². The molecule has 2 rings (SSSR count). The van der Waals surface area contributed by atoms with Crippen LogP contribution in [-0.2, 0) is 23.7 Å². The molecule has 2 saturated heterocycles. The number of aliphatic hydroxyl groups is 8. The first kappa shape index (κ1) is 67.8. The molecule has 2 heterocycles. The molecular formula is C61H101NO13. The lowest BCUT2D eigenvalue weighted by Gasteiger charge is -2.46. The maximum absolute atomic E-state index is 13.1. The second kappa shape index (κ2) is 45.6. The summed E-state index contributed by atoms with van der Waals surface area (Å²) >= 11 is 0. The second-order valence-electron chi connectivity index (χ2n) is 19.7. The Bertz CT molecular complexity index is 1670. The van der Waals surface area contributed by atoms with Crippen LogP contribution < -0.4 is 5.32 Å². The summed E-state index contributed by atoms with van der Waals surface area (Å²) in [5.41, 5.74) is 0. The predicted octanol–water partition coefficient (Wildman–Crippen LogP) is 9.27. The van der Waals surface area contributed by atoms with E-state index in [0.717, 1.165) is 96.3 Å². The summed E-state index contributed by atoms with van der Waals surface area (Å²) < 4.78 is 22.5. The molecule has 9 N–H and O–H groups in total. The first-order valence-corrected chi connectivity index (χ1v) is 28.6. The van der Waals surface area contributed by atoms with Gasteiger partial charge in [0.1, 0.15) is 48.8 Å². The highest BCUT2D eigenvalue weighted by atomic mass is 16.7. The van der Waals surface area contributed by atoms with Crippen LogP contribution in [0.15, 0.2) is 109 Å². The molecule has 2 aliphatic heterocycles. The fraction of sp³-hybridized carbons (Fsp3) is 0.689. The van der Waals surface area contributed by atoms with E-state index in [1.165, 1.54) is 51.4 Å². The van der Waals surface area contributed by atoms with Gasteiger partial charge in [-0.25, -0.2) is 0 Å². The summed E-state index contributed by atoms with van der Waals surface area (Å²) in [6, 6.07) is -0.917. The van der Waals surface area contributed by atoms with Gasteiger partial charge in [0.2, 0.25) is 5.91 Å². The molecule has 14 nitrogen and oxygen atoms in total. The molecule has 0 saturated carbocycles. The number of ether oxygens (including phenoxy) is 4. The quantitative estimate of drug-likeness (QED) is 0.0205. The van der Waals surface area contributed by atoms with Crippen molar-refractivity contribution >= 4 is 5.91 Å². The summed E-state index contributed by atoms with van der Waals surface area (Å²) in [6.07, 6.45) is 48.1. The van der Waals surface area contributed by atoms with E-state index in [9.17, 15) is 45.6 Å². The van der Waals surface area contributed by atoms with Gasteiger partial charge >= 0.3 is 0 Å². The lowest BCUT2D eigenvalue weighted by Crippen LogP contribution is -2.65. The molecule has 428 valence electrons. The first-order chi connectivity index (χ1) is 36.6. The average molecular weight is 1060 g/mol. The fourth-order valence-electron chi connectivity index (χ4n) is 8.59. The van der Waals surface area contributed by atoms with Crippen molar-refractivity contribution in [3.8, 4) is 0 Å². The van der Waals surface area contributed by atoms with E-state index in [2.05, 4.69) is 116 Å². The second-order valence-corrected chi connectivity index (χ2v) is 19.7. The summed E-state index contributed by atoms with van der Waals surface area (Å²) in [5, 5.41) is 86.2. The maximum atomic E-state index is 13.1. The number of aliphatic hydroxyl groups excluding tert-OH is 8. The van der Waals surface area contributed by atoms with Gasteiger partial charge < -0.3 is 65.1 Å². The van der Waals surface area contributed by atoms with E-state index >= 15 is 0 Å². The van der Waals surface area contributed by atoms with Crippen LogP contribution in [0, 0.1) is 0 Å². The third-order valence-corrected chi connectivity index (χ3v) is 13.2. The molecule has 1 amide bonds. The molecule has 12 atom stereocenters. The van der Waals surface area contributed by atoms with E-state index in [1.807, 2.05) is 6.08 Å². The van der Waals surface area contributed by atoms with Crippen LogP contribution in [0.2, 0.25) is 0 Å². The van der Waals surface area contributed by atoms with Crippen LogP contribution >= 0.6 is 0 Å². The molecule has 75 heavy (non-hydrogen) atoms. The molecule has 0 aromatic rings. The Hall–Kier alpha value is -3.35. The Balaban J connectivity index is 1.53. The Kier molecular flexibility index (Phi) is 41.2. The van der Waals surface area contributed by atoms with Crippen LogP contribution in [0.25, 0.3) is 0 Å². The molecule has 0 spiro atoms. The molecule has 12 unspecified atom stereocenters. The van der Waals surface area contributed by atoms with Gasteiger partial charge in [-0.3, -0.25) is 4.79 Å². The minimum atomic E-state index is -1.79. The van der Waals surface area contributed by atoms with E-state index in [0.29, 0.717) is 6.42 Å². The number of rotatable bonds is 43. The molecule has 0 aliphatic carbocycles. The molecule has 0 aromatic heterocycles. The van der Waals surface area contributed by atoms with Crippen LogP contribution in [0.5, 0.6) is 0 Å². The van der Waals surface area contributed by atoms with Gasteiger partial charge in [-0.1, -0.05) is 200 Å². The SMILES string of the molecule is CC/C=C\C/C=C\C/C=C\C/C=C\C/C=C\C/C=C\C/C=C\C/C=C\CCCCCCCCCCCCCCC(=O)NC(COC1OC(CO)C(OC2OC(CO)C(O)C(O)C2O)C(O)C1O)C(O)/C=C/CCCC. The molecule has 0 bridgehead atoms. The van der Waals surface area contributed by atoms with E-state index < -0.39 is 86.8 Å². The van der Waals surface area contributed by atoms with Crippen molar-refractivity contribution < 1.29 is 64.6 Å². The van der Waals surface area contributed by atoms with Gasteiger partial charge in [-0.2, -0.15) is 0 Å². The van der Waals surface area contributed by atoms with Crippen molar-refractivity contribution in [2.75, 3.05) is 19.8 Å². The molecule has 14 heteroatoms. The van der Waals surface area contributed by atoms with Gasteiger partial charge in [0.25, 0.3) is 0 Å². The Labute approximate surface area is 451 Å². The topological polar surface area (TPSA) is 228 Å². The van der Waals surface area contributed by atoms with Crippen LogP contribution in [0.4, 0.5) is 0 Å². The van der Waals surface area contributed by atoms with Gasteiger partial charge in [-0.05, 0) is 77.0 Å². The zero-order chi connectivity index (χ0) is 54.6. The summed E-state index contributed by atoms with van der Waals surface area (Å²) in [6.45, 7) is 2.48. The largest absolute Gasteiger partial charge is 0.394 e. The lowest BCUT2D eigenvalue weighted by atomic mass is 9.97. The number of nitrogens with one attached hydrogen (secondary N) is 1. The maximum Gasteiger partial charge on any atom is 0.220 e. The van der Waals surface area contributed by atoms with Gasteiger partial charge in [0, 0.05) is 6.42 Å². The van der Waals surface area contributed by atoms with Crippen molar-refractivity contribution in [1.82, 2.24) is 5.32 Å². The fourth-order valence-corrected chi connectivity index (χ4v) is 8.59. The molecule has 0 aromatic carbocycles. The molecule has 2 aliphatic rings. The number of hydrogen-bond donors (Lipinski definition) is 9. The first-order valence-electron chi connectivity index (χ1n) is 28.6. The number of carbonyl (C=O) groups excluding carboxylic acids is 1. The molecular weight excluding hydrogens is 955 g/mol. The van der Waals surface area contributed by atoms with Gasteiger partial charge in [-0.15, -0.1) is 0 Å². The van der Waals surface area contributed by atoms with Crippen molar-refractivity contribution in [3.63, 3.8) is 0 Å². The zero-order valence-electron chi connectivity index (χ0n) is 45.7. The highest BCUT2D eigenvalue weighted by Gasteiger charge is 2.51. The average Bonchev–Trinajstić information content (AvgIpc) is 3.41. The summed E-state index contributed by atoms with van der Waals surface area (Å²) in [5.74, 6) is -0.257. The number of carbonyl (C=O) groups is 1. The Morgan fingerprint density at radius 2 is 0.920 bits per heavy atom. The predicted molar refractivity (Wildman–Crippen MR) is 299 cm³/mol. The van der Waals surface area contributed by atoms with Crippen LogP contribution in [0.3, 0.4) is 0 Å². The Morgan fingerprint density at radius 1 is 0.493 bits per heavy atom. The summed E-state index contributed by atoms with van der Waals surface area (Å²) in [7, 11) is 0. The smallest absolute Gasteiger partial charge is 0.220 e. The standard InChI is InChI=1S/C61H101NO13/c1-3-5-7-9-10-11-12-13-14-15-16-17-18-19-20-21-22-23-24-25-26-27-28-29-30-31-32-33-34-35-36-37-38-39-40-41-43-45-53(66)62-49(50(65)44-42-8-6-4-2)48-72-60-58(71)56(69)59(52(47-64)74-60)75-61-57(70)55(68)54(67)51(46-63)73-61/h5,7,10-11,13-14,16-17,19-20,22-23,25-26,28-29,42,44,49-52,54-61,63-65,67-71H,3-4,6,8-9,12,15,18,21,24,27,30-41,43,45-48H2,1-2H3,(H,62,66)/b7-5-,11-10-,14-13-,17-16-,20-19-,23-22-,26-25-,29-28-,44-42+. The minimum absolute atomic E-state index is 0.257. The molecule has 2 fully saturated rings. The van der Waals surface area contributed by atoms with Crippen LogP contribution in [-0.4, -0.2) is 140 Å². The normalized spacial score (nSPS) is 25.9. The summed E-state index contributed by atoms with van der Waals surface area (Å²) in [4.78, 5) is 13.1. The number of hydrogen-bond acceptors (Lipinski definition) is 13. The van der Waals surface area contributed by atoms with E-state index in [1.54, 1.807) is 6.08 Å². The van der Waals surface area contributed by atoms with Crippen molar-refractivity contribution in [2.24, 2.45) is 0 Å². The van der Waals surface area contributed by atoms with Crippen LogP contribution in [0.1, 0.15) is 174 Å². The highest BCUT2D eigenvalue weighted by Crippen LogP contribution is 2.30. The lowest BCUT2D eigenvalue weighted by molar-refractivity contribution is -0.359. The minimum Gasteiger partial charge on any atom is -0.394 e. The van der Waals surface area contributed by atoms with Crippen molar-refractivity contribution in [3.05, 3.63) is 109 Å². The third-order valence-electron chi connectivity index (χ3n) is 13.2. The monoisotopic (exact) mass is 1060 g/mol. The third kappa shape index (κ3) is 31.6. The molecule has 0 radical (unpaired) electrons. The number of amides is 1. The van der Waals surface area contributed by atoms with Crippen molar-refractivity contribution in [1.29, 1.82) is 0 Å². The highest BCUT2D eigenvalue weighted by molar-refractivity contribution is 5.76. The van der Waals surface area contributed by atoms with E-state index in [-0.39, 0.29) is 18.9 Å². The number of allylic oxidation sites excluding steroid dienone is 17. The van der Waals surface area contributed by atoms with Crippen molar-refractivity contribution in [2.45, 2.75) is 248 Å². The van der Waals surface area contributed by atoms with Gasteiger partial charge in [0.05, 0.1) is 32.0 Å². The Morgan fingerprint density at radius 3 is 1.40 bits per heavy atom.